The highest BCUT2D eigenvalue weighted by Gasteiger charge is 2.17. The van der Waals surface area contributed by atoms with Crippen LogP contribution in [0.4, 0.5) is 0 Å². The van der Waals surface area contributed by atoms with Crippen LogP contribution in [0.3, 0.4) is 0 Å². The number of pyridine rings is 1. The molecule has 1 aromatic carbocycles. The second-order valence-electron chi connectivity index (χ2n) is 4.12. The number of hydrogen-bond donors (Lipinski definition) is 1. The number of para-hydroxylation sites is 1. The van der Waals surface area contributed by atoms with E-state index in [2.05, 4.69) is 4.98 Å². The van der Waals surface area contributed by atoms with Crippen LogP contribution in [-0.4, -0.2) is 10.1 Å². The summed E-state index contributed by atoms with van der Waals surface area (Å²) in [5.74, 6) is 0.422. The molecule has 0 saturated carbocycles. The van der Waals surface area contributed by atoms with E-state index in [1.165, 1.54) is 6.20 Å². The number of nitrogens with zero attached hydrogens (tertiary/aromatic N) is 1. The first-order valence-electron chi connectivity index (χ1n) is 5.62. The number of benzene rings is 1. The Morgan fingerprint density at radius 1 is 1.16 bits per heavy atom. The summed E-state index contributed by atoms with van der Waals surface area (Å²) in [6.45, 7) is 0. The molecular formula is C14H9Cl2NO2. The predicted octanol–water partition coefficient (Wildman–Crippen LogP) is 4.22. The Morgan fingerprint density at radius 3 is 2.74 bits per heavy atom. The lowest BCUT2D eigenvalue weighted by Gasteiger charge is -2.07. The van der Waals surface area contributed by atoms with E-state index in [1.54, 1.807) is 24.3 Å². The first-order chi connectivity index (χ1) is 9.15. The van der Waals surface area contributed by atoms with Crippen molar-refractivity contribution in [3.63, 3.8) is 0 Å². The second-order valence-corrected chi connectivity index (χ2v) is 4.92. The van der Waals surface area contributed by atoms with Crippen molar-refractivity contribution < 1.29 is 9.52 Å². The number of halogens is 2. The lowest BCUT2D eigenvalue weighted by atomic mass is 10.1. The standard InChI is InChI=1S/C14H9Cl2NO2/c15-10-3-1-2-9-6-11(19-14(9)10)13(18)8-4-5-17-12(16)7-8/h1-7,13,18H. The largest absolute Gasteiger partial charge is 0.456 e. The summed E-state index contributed by atoms with van der Waals surface area (Å²) in [5.41, 5.74) is 1.19. The summed E-state index contributed by atoms with van der Waals surface area (Å²) < 4.78 is 5.61. The van der Waals surface area contributed by atoms with Gasteiger partial charge in [-0.3, -0.25) is 0 Å². The van der Waals surface area contributed by atoms with Crippen molar-refractivity contribution in [2.75, 3.05) is 0 Å². The molecule has 0 aliphatic heterocycles. The quantitative estimate of drug-likeness (QED) is 0.720. The lowest BCUT2D eigenvalue weighted by Crippen LogP contribution is -1.98. The SMILES string of the molecule is OC(c1ccnc(Cl)c1)c1cc2cccc(Cl)c2o1. The molecule has 5 heteroatoms. The third kappa shape index (κ3) is 2.32. The van der Waals surface area contributed by atoms with Gasteiger partial charge in [0.1, 0.15) is 17.0 Å². The maximum absolute atomic E-state index is 10.3. The van der Waals surface area contributed by atoms with E-state index >= 15 is 0 Å². The van der Waals surface area contributed by atoms with Crippen molar-refractivity contribution >= 4 is 34.2 Å². The van der Waals surface area contributed by atoms with Crippen molar-refractivity contribution in [2.24, 2.45) is 0 Å². The Kier molecular flexibility index (Phi) is 3.19. The summed E-state index contributed by atoms with van der Waals surface area (Å²) in [6.07, 6.45) is 0.639. The molecule has 0 saturated heterocycles. The molecule has 0 fully saturated rings. The van der Waals surface area contributed by atoms with Crippen molar-refractivity contribution in [1.29, 1.82) is 0 Å². The van der Waals surface area contributed by atoms with Gasteiger partial charge in [0.05, 0.1) is 5.02 Å². The van der Waals surface area contributed by atoms with Crippen LogP contribution in [0.1, 0.15) is 17.4 Å². The highest BCUT2D eigenvalue weighted by Crippen LogP contribution is 2.32. The third-order valence-corrected chi connectivity index (χ3v) is 3.36. The van der Waals surface area contributed by atoms with Crippen LogP contribution in [0, 0.1) is 0 Å². The average Bonchev–Trinajstić information content (AvgIpc) is 2.83. The number of aliphatic hydroxyl groups is 1. The minimum atomic E-state index is -0.899. The van der Waals surface area contributed by atoms with E-state index in [9.17, 15) is 5.11 Å². The molecule has 1 N–H and O–H groups in total. The summed E-state index contributed by atoms with van der Waals surface area (Å²) in [5, 5.41) is 12.0. The van der Waals surface area contributed by atoms with Crippen LogP contribution < -0.4 is 0 Å². The molecular weight excluding hydrogens is 285 g/mol. The van der Waals surface area contributed by atoms with E-state index in [4.69, 9.17) is 27.6 Å². The molecule has 0 bridgehead atoms. The summed E-state index contributed by atoms with van der Waals surface area (Å²) in [4.78, 5) is 3.88. The highest BCUT2D eigenvalue weighted by molar-refractivity contribution is 6.34. The first-order valence-corrected chi connectivity index (χ1v) is 6.38. The molecule has 3 nitrogen and oxygen atoms in total. The fraction of sp³-hybridized carbons (Fsp3) is 0.0714. The van der Waals surface area contributed by atoms with Crippen LogP contribution in [0.15, 0.2) is 47.0 Å². The van der Waals surface area contributed by atoms with Crippen molar-refractivity contribution in [1.82, 2.24) is 4.98 Å². The van der Waals surface area contributed by atoms with Crippen LogP contribution in [0.5, 0.6) is 0 Å². The second kappa shape index (κ2) is 4.85. The zero-order valence-electron chi connectivity index (χ0n) is 9.68. The topological polar surface area (TPSA) is 46.3 Å². The third-order valence-electron chi connectivity index (χ3n) is 2.85. The molecule has 0 aliphatic carbocycles. The number of fused-ring (bicyclic) bond motifs is 1. The summed E-state index contributed by atoms with van der Waals surface area (Å²) in [6, 6.07) is 10.5. The van der Waals surface area contributed by atoms with Gasteiger partial charge in [0.25, 0.3) is 0 Å². The molecule has 3 aromatic rings. The summed E-state index contributed by atoms with van der Waals surface area (Å²) >= 11 is 11.8. The van der Waals surface area contributed by atoms with Gasteiger partial charge >= 0.3 is 0 Å². The summed E-state index contributed by atoms with van der Waals surface area (Å²) in [7, 11) is 0. The molecule has 2 heterocycles. The van der Waals surface area contributed by atoms with Gasteiger partial charge in [-0.1, -0.05) is 35.3 Å². The van der Waals surface area contributed by atoms with Gasteiger partial charge in [-0.05, 0) is 29.8 Å². The van der Waals surface area contributed by atoms with Crippen molar-refractivity contribution in [2.45, 2.75) is 6.10 Å². The van der Waals surface area contributed by atoms with Crippen molar-refractivity contribution in [3.05, 3.63) is 64.1 Å². The minimum Gasteiger partial charge on any atom is -0.456 e. The maximum atomic E-state index is 10.3. The van der Waals surface area contributed by atoms with E-state index in [0.717, 1.165) is 5.39 Å². The zero-order valence-corrected chi connectivity index (χ0v) is 11.2. The average molecular weight is 294 g/mol. The van der Waals surface area contributed by atoms with Crippen LogP contribution in [0.2, 0.25) is 10.2 Å². The molecule has 1 unspecified atom stereocenters. The van der Waals surface area contributed by atoms with Crippen molar-refractivity contribution in [3.8, 4) is 0 Å². The number of aliphatic hydroxyl groups excluding tert-OH is 1. The monoisotopic (exact) mass is 293 g/mol. The van der Waals surface area contributed by atoms with E-state index in [0.29, 0.717) is 27.1 Å². The predicted molar refractivity (Wildman–Crippen MR) is 74.5 cm³/mol. The van der Waals surface area contributed by atoms with Crippen LogP contribution >= 0.6 is 23.2 Å². The van der Waals surface area contributed by atoms with Crippen LogP contribution in [0.25, 0.3) is 11.0 Å². The Bertz CT molecular complexity index is 739. The fourth-order valence-corrected chi connectivity index (χ4v) is 2.34. The van der Waals surface area contributed by atoms with Gasteiger partial charge in [-0.2, -0.15) is 0 Å². The molecule has 0 spiro atoms. The molecule has 0 aliphatic rings. The van der Waals surface area contributed by atoms with E-state index in [-0.39, 0.29) is 0 Å². The van der Waals surface area contributed by atoms with Gasteiger partial charge in [-0.25, -0.2) is 4.98 Å². The number of furan rings is 1. The molecule has 0 radical (unpaired) electrons. The van der Waals surface area contributed by atoms with Crippen LogP contribution in [-0.2, 0) is 0 Å². The van der Waals surface area contributed by atoms with Gasteiger partial charge in [0.2, 0.25) is 0 Å². The Hall–Kier alpha value is -1.55. The van der Waals surface area contributed by atoms with E-state index < -0.39 is 6.10 Å². The molecule has 96 valence electrons. The zero-order chi connectivity index (χ0) is 13.4. The van der Waals surface area contributed by atoms with Gasteiger partial charge in [0, 0.05) is 11.6 Å². The smallest absolute Gasteiger partial charge is 0.153 e. The normalized spacial score (nSPS) is 12.8. The fourth-order valence-electron chi connectivity index (χ4n) is 1.93. The minimum absolute atomic E-state index is 0.325. The molecule has 1 atom stereocenters. The molecule has 19 heavy (non-hydrogen) atoms. The molecule has 2 aromatic heterocycles. The number of aromatic nitrogens is 1. The van der Waals surface area contributed by atoms with E-state index in [1.807, 2.05) is 12.1 Å². The first kappa shape index (κ1) is 12.5. The molecule has 3 rings (SSSR count). The van der Waals surface area contributed by atoms with Gasteiger partial charge in [-0.15, -0.1) is 0 Å². The Balaban J connectivity index is 2.06. The number of rotatable bonds is 2. The highest BCUT2D eigenvalue weighted by atomic mass is 35.5. The van der Waals surface area contributed by atoms with Gasteiger partial charge < -0.3 is 9.52 Å². The van der Waals surface area contributed by atoms with Gasteiger partial charge in [0.15, 0.2) is 5.58 Å². The Morgan fingerprint density at radius 2 is 2.00 bits per heavy atom. The number of hydrogen-bond acceptors (Lipinski definition) is 3. The Labute approximate surface area is 119 Å². The molecule has 0 amide bonds. The maximum Gasteiger partial charge on any atom is 0.153 e. The lowest BCUT2D eigenvalue weighted by molar-refractivity contribution is 0.192.